The van der Waals surface area contributed by atoms with Gasteiger partial charge in [-0.05, 0) is 36.1 Å². The lowest BCUT2D eigenvalue weighted by Crippen LogP contribution is -2.10. The predicted octanol–water partition coefficient (Wildman–Crippen LogP) is 3.57. The summed E-state index contributed by atoms with van der Waals surface area (Å²) in [7, 11) is 0. The fourth-order valence-corrected chi connectivity index (χ4v) is 2.26. The highest BCUT2D eigenvalue weighted by Gasteiger charge is 2.11. The van der Waals surface area contributed by atoms with Gasteiger partial charge in [-0.2, -0.15) is 0 Å². The third kappa shape index (κ3) is 3.99. The van der Waals surface area contributed by atoms with Gasteiger partial charge in [0.15, 0.2) is 0 Å². The van der Waals surface area contributed by atoms with E-state index in [0.29, 0.717) is 23.8 Å². The van der Waals surface area contributed by atoms with E-state index in [1.165, 1.54) is 11.6 Å². The van der Waals surface area contributed by atoms with Crippen LogP contribution in [0, 0.1) is 0 Å². The molecule has 0 bridgehead atoms. The molecule has 1 unspecified atom stereocenters. The molecule has 0 aliphatic carbocycles. The van der Waals surface area contributed by atoms with Crippen LogP contribution in [0.15, 0.2) is 48.5 Å². The van der Waals surface area contributed by atoms with Crippen molar-refractivity contribution < 1.29 is 9.90 Å². The first kappa shape index (κ1) is 14.9. The second-order valence-corrected chi connectivity index (χ2v) is 5.14. The SMILES string of the molecule is CC(CCNc1ccc(N)cc1C(=O)O)c1ccccc1. The Balaban J connectivity index is 1.96. The molecule has 0 aliphatic heterocycles. The summed E-state index contributed by atoms with van der Waals surface area (Å²) in [5, 5.41) is 12.4. The summed E-state index contributed by atoms with van der Waals surface area (Å²) in [6.07, 6.45) is 0.924. The molecule has 0 aromatic heterocycles. The van der Waals surface area contributed by atoms with Crippen LogP contribution in [0.4, 0.5) is 11.4 Å². The standard InChI is InChI=1S/C17H20N2O2/c1-12(13-5-3-2-4-6-13)9-10-19-16-8-7-14(18)11-15(16)17(20)21/h2-8,11-12,19H,9-10,18H2,1H3,(H,20,21). The summed E-state index contributed by atoms with van der Waals surface area (Å²) in [6, 6.07) is 15.2. The average molecular weight is 284 g/mol. The van der Waals surface area contributed by atoms with Gasteiger partial charge in [0.05, 0.1) is 5.56 Å². The quantitative estimate of drug-likeness (QED) is 0.709. The van der Waals surface area contributed by atoms with Crippen molar-refractivity contribution in [3.8, 4) is 0 Å². The van der Waals surface area contributed by atoms with Crippen molar-refractivity contribution in [3.63, 3.8) is 0 Å². The second-order valence-electron chi connectivity index (χ2n) is 5.14. The Hall–Kier alpha value is -2.49. The molecule has 0 spiro atoms. The number of anilines is 2. The summed E-state index contributed by atoms with van der Waals surface area (Å²) in [4.78, 5) is 11.2. The highest BCUT2D eigenvalue weighted by molar-refractivity contribution is 5.95. The van der Waals surface area contributed by atoms with Gasteiger partial charge < -0.3 is 16.2 Å². The van der Waals surface area contributed by atoms with Crippen molar-refractivity contribution in [1.29, 1.82) is 0 Å². The second kappa shape index (κ2) is 6.79. The van der Waals surface area contributed by atoms with Crippen LogP contribution < -0.4 is 11.1 Å². The van der Waals surface area contributed by atoms with Gasteiger partial charge in [0.25, 0.3) is 0 Å². The van der Waals surface area contributed by atoms with Gasteiger partial charge in [0.1, 0.15) is 0 Å². The Morgan fingerprint density at radius 1 is 1.24 bits per heavy atom. The molecule has 4 nitrogen and oxygen atoms in total. The fourth-order valence-electron chi connectivity index (χ4n) is 2.26. The molecular formula is C17H20N2O2. The number of aromatic carboxylic acids is 1. The molecule has 2 rings (SSSR count). The molecule has 0 saturated carbocycles. The monoisotopic (exact) mass is 284 g/mol. The molecule has 0 saturated heterocycles. The Bertz CT molecular complexity index is 611. The largest absolute Gasteiger partial charge is 0.478 e. The van der Waals surface area contributed by atoms with Crippen molar-refractivity contribution in [2.75, 3.05) is 17.6 Å². The van der Waals surface area contributed by atoms with Gasteiger partial charge in [-0.25, -0.2) is 4.79 Å². The van der Waals surface area contributed by atoms with Crippen molar-refractivity contribution >= 4 is 17.3 Å². The first-order chi connectivity index (χ1) is 10.1. The van der Waals surface area contributed by atoms with Crippen molar-refractivity contribution in [2.45, 2.75) is 19.3 Å². The van der Waals surface area contributed by atoms with Crippen LogP contribution in [0.1, 0.15) is 35.2 Å². The lowest BCUT2D eigenvalue weighted by molar-refractivity contribution is 0.0698. The molecule has 0 heterocycles. The fraction of sp³-hybridized carbons (Fsp3) is 0.235. The summed E-state index contributed by atoms with van der Waals surface area (Å²) in [5.74, 6) is -0.554. The molecule has 110 valence electrons. The minimum absolute atomic E-state index is 0.211. The molecule has 4 N–H and O–H groups in total. The maximum Gasteiger partial charge on any atom is 0.337 e. The predicted molar refractivity (Wildman–Crippen MR) is 85.8 cm³/mol. The minimum atomic E-state index is -0.971. The van der Waals surface area contributed by atoms with Crippen LogP contribution in [0.2, 0.25) is 0 Å². The third-order valence-electron chi connectivity index (χ3n) is 3.54. The van der Waals surface area contributed by atoms with Crippen LogP contribution in [-0.4, -0.2) is 17.6 Å². The maximum atomic E-state index is 11.2. The lowest BCUT2D eigenvalue weighted by atomic mass is 9.98. The highest BCUT2D eigenvalue weighted by atomic mass is 16.4. The number of carbonyl (C=O) groups is 1. The van der Waals surface area contributed by atoms with Gasteiger partial charge in [0, 0.05) is 17.9 Å². The highest BCUT2D eigenvalue weighted by Crippen LogP contribution is 2.21. The van der Waals surface area contributed by atoms with Gasteiger partial charge >= 0.3 is 5.97 Å². The number of benzene rings is 2. The van der Waals surface area contributed by atoms with Crippen LogP contribution in [0.25, 0.3) is 0 Å². The van der Waals surface area contributed by atoms with Gasteiger partial charge in [-0.15, -0.1) is 0 Å². The van der Waals surface area contributed by atoms with Gasteiger partial charge in [-0.3, -0.25) is 0 Å². The van der Waals surface area contributed by atoms with Crippen molar-refractivity contribution in [3.05, 3.63) is 59.7 Å². The van der Waals surface area contributed by atoms with E-state index >= 15 is 0 Å². The number of hydrogen-bond acceptors (Lipinski definition) is 3. The van der Waals surface area contributed by atoms with E-state index in [-0.39, 0.29) is 5.56 Å². The molecule has 4 heteroatoms. The Kier molecular flexibility index (Phi) is 4.82. The number of carboxylic acids is 1. The van der Waals surface area contributed by atoms with E-state index in [0.717, 1.165) is 6.42 Å². The number of nitrogen functional groups attached to an aromatic ring is 1. The van der Waals surface area contributed by atoms with Crippen molar-refractivity contribution in [1.82, 2.24) is 0 Å². The molecule has 0 amide bonds. The molecule has 0 fully saturated rings. The van der Waals surface area contributed by atoms with Crippen molar-refractivity contribution in [2.24, 2.45) is 0 Å². The summed E-state index contributed by atoms with van der Waals surface area (Å²) in [5.41, 5.74) is 8.19. The summed E-state index contributed by atoms with van der Waals surface area (Å²) >= 11 is 0. The zero-order valence-electron chi connectivity index (χ0n) is 12.0. The van der Waals surface area contributed by atoms with E-state index in [2.05, 4.69) is 24.4 Å². The molecule has 0 aliphatic rings. The molecular weight excluding hydrogens is 264 g/mol. The number of carboxylic acid groups (broad SMARTS) is 1. The Morgan fingerprint density at radius 3 is 2.62 bits per heavy atom. The number of rotatable bonds is 6. The maximum absolute atomic E-state index is 11.2. The molecule has 1 atom stereocenters. The Labute approximate surface area is 124 Å². The lowest BCUT2D eigenvalue weighted by Gasteiger charge is -2.14. The molecule has 2 aromatic rings. The normalized spacial score (nSPS) is 11.9. The molecule has 2 aromatic carbocycles. The summed E-state index contributed by atoms with van der Waals surface area (Å²) < 4.78 is 0. The van der Waals surface area contributed by atoms with E-state index in [9.17, 15) is 9.90 Å². The average Bonchev–Trinajstić information content (AvgIpc) is 2.49. The summed E-state index contributed by atoms with van der Waals surface area (Å²) in [6.45, 7) is 2.87. The molecule has 21 heavy (non-hydrogen) atoms. The first-order valence-electron chi connectivity index (χ1n) is 6.99. The van der Waals surface area contributed by atoms with Gasteiger partial charge in [-0.1, -0.05) is 37.3 Å². The first-order valence-corrected chi connectivity index (χ1v) is 6.99. The van der Waals surface area contributed by atoms with E-state index < -0.39 is 5.97 Å². The van der Waals surface area contributed by atoms with Crippen LogP contribution in [0.5, 0.6) is 0 Å². The smallest absolute Gasteiger partial charge is 0.337 e. The van der Waals surface area contributed by atoms with Crippen LogP contribution >= 0.6 is 0 Å². The van der Waals surface area contributed by atoms with Gasteiger partial charge in [0.2, 0.25) is 0 Å². The topological polar surface area (TPSA) is 75.3 Å². The zero-order chi connectivity index (χ0) is 15.2. The third-order valence-corrected chi connectivity index (χ3v) is 3.54. The van der Waals surface area contributed by atoms with Crippen LogP contribution in [-0.2, 0) is 0 Å². The minimum Gasteiger partial charge on any atom is -0.478 e. The Morgan fingerprint density at radius 2 is 1.95 bits per heavy atom. The zero-order valence-corrected chi connectivity index (χ0v) is 12.0. The molecule has 0 radical (unpaired) electrons. The number of nitrogens with one attached hydrogen (secondary N) is 1. The van der Waals surface area contributed by atoms with Crippen LogP contribution in [0.3, 0.4) is 0 Å². The van der Waals surface area contributed by atoms with E-state index in [1.807, 2.05) is 18.2 Å². The van der Waals surface area contributed by atoms with E-state index in [1.54, 1.807) is 12.1 Å². The number of hydrogen-bond donors (Lipinski definition) is 3. The van der Waals surface area contributed by atoms with E-state index in [4.69, 9.17) is 5.73 Å². The number of nitrogens with two attached hydrogens (primary N) is 1.